The summed E-state index contributed by atoms with van der Waals surface area (Å²) in [6.07, 6.45) is 0.447. The summed E-state index contributed by atoms with van der Waals surface area (Å²) < 4.78 is 24.1. The summed E-state index contributed by atoms with van der Waals surface area (Å²) in [6.45, 7) is 3.88. The molecular formula is C15H16FNO4. The number of rotatable bonds is 5. The first-order valence-electron chi connectivity index (χ1n) is 6.49. The third-order valence-electron chi connectivity index (χ3n) is 2.90. The number of carboxylic acid groups (broad SMARTS) is 1. The minimum absolute atomic E-state index is 0.0387. The monoisotopic (exact) mass is 293 g/mol. The van der Waals surface area contributed by atoms with Gasteiger partial charge < -0.3 is 14.3 Å². The van der Waals surface area contributed by atoms with E-state index in [-0.39, 0.29) is 23.1 Å². The molecule has 1 aromatic carbocycles. The fourth-order valence-corrected chi connectivity index (χ4v) is 1.96. The highest BCUT2D eigenvalue weighted by Gasteiger charge is 2.22. The molecular weight excluding hydrogens is 277 g/mol. The van der Waals surface area contributed by atoms with E-state index in [1.54, 1.807) is 6.07 Å². The number of aromatic carboxylic acids is 1. The molecule has 1 N–H and O–H groups in total. The maximum absolute atomic E-state index is 14.0. The lowest BCUT2D eigenvalue weighted by molar-refractivity contribution is 0.0661. The van der Waals surface area contributed by atoms with Gasteiger partial charge >= 0.3 is 5.97 Å². The Kier molecular flexibility index (Phi) is 4.26. The van der Waals surface area contributed by atoms with Crippen molar-refractivity contribution >= 4 is 5.97 Å². The first kappa shape index (κ1) is 15.0. The summed E-state index contributed by atoms with van der Waals surface area (Å²) in [5, 5.41) is 9.14. The molecule has 1 heterocycles. The molecule has 2 aromatic rings. The molecule has 0 bridgehead atoms. The molecule has 0 atom stereocenters. The van der Waals surface area contributed by atoms with Crippen LogP contribution in [0, 0.1) is 11.7 Å². The molecule has 0 saturated carbocycles. The van der Waals surface area contributed by atoms with Gasteiger partial charge in [-0.15, -0.1) is 0 Å². The summed E-state index contributed by atoms with van der Waals surface area (Å²) in [5.41, 5.74) is 0.427. The van der Waals surface area contributed by atoms with Crippen LogP contribution in [0.2, 0.25) is 0 Å². The molecule has 0 aliphatic heterocycles. The van der Waals surface area contributed by atoms with Crippen LogP contribution in [0.5, 0.6) is 5.75 Å². The highest BCUT2D eigenvalue weighted by atomic mass is 19.1. The van der Waals surface area contributed by atoms with E-state index in [1.807, 2.05) is 13.8 Å². The third-order valence-corrected chi connectivity index (χ3v) is 2.90. The summed E-state index contributed by atoms with van der Waals surface area (Å²) in [5.74, 6) is -1.50. The number of benzene rings is 1. The van der Waals surface area contributed by atoms with Gasteiger partial charge in [-0.05, 0) is 24.5 Å². The van der Waals surface area contributed by atoms with E-state index >= 15 is 0 Å². The average Bonchev–Trinajstić information content (AvgIpc) is 2.81. The SMILES string of the molecule is COc1ccc(-c2nc(CC(C)C)c(C(=O)O)o2)c(F)c1. The lowest BCUT2D eigenvalue weighted by Gasteiger charge is -2.02. The molecule has 0 aliphatic carbocycles. The summed E-state index contributed by atoms with van der Waals surface area (Å²) in [7, 11) is 1.43. The van der Waals surface area contributed by atoms with Crippen molar-refractivity contribution in [2.24, 2.45) is 5.92 Å². The summed E-state index contributed by atoms with van der Waals surface area (Å²) >= 11 is 0. The van der Waals surface area contributed by atoms with E-state index < -0.39 is 11.8 Å². The minimum Gasteiger partial charge on any atom is -0.497 e. The molecule has 0 fully saturated rings. The zero-order valence-electron chi connectivity index (χ0n) is 12.0. The molecule has 6 heteroatoms. The normalized spacial score (nSPS) is 10.9. The Morgan fingerprint density at radius 3 is 2.71 bits per heavy atom. The summed E-state index contributed by atoms with van der Waals surface area (Å²) in [6, 6.07) is 4.21. The number of ether oxygens (including phenoxy) is 1. The second-order valence-electron chi connectivity index (χ2n) is 5.04. The van der Waals surface area contributed by atoms with E-state index in [1.165, 1.54) is 19.2 Å². The Morgan fingerprint density at radius 2 is 2.19 bits per heavy atom. The van der Waals surface area contributed by atoms with E-state index in [4.69, 9.17) is 14.3 Å². The Hall–Kier alpha value is -2.37. The van der Waals surface area contributed by atoms with Crippen LogP contribution in [0.3, 0.4) is 0 Å². The molecule has 1 aromatic heterocycles. The molecule has 0 saturated heterocycles. The van der Waals surface area contributed by atoms with Gasteiger partial charge in [-0.2, -0.15) is 0 Å². The Labute approximate surface area is 121 Å². The number of nitrogens with zero attached hydrogens (tertiary/aromatic N) is 1. The average molecular weight is 293 g/mol. The number of hydrogen-bond donors (Lipinski definition) is 1. The third kappa shape index (κ3) is 3.21. The molecule has 0 unspecified atom stereocenters. The topological polar surface area (TPSA) is 72.6 Å². The van der Waals surface area contributed by atoms with Crippen molar-refractivity contribution in [3.05, 3.63) is 35.5 Å². The number of halogens is 1. The lowest BCUT2D eigenvalue weighted by atomic mass is 10.1. The van der Waals surface area contributed by atoms with E-state index in [0.29, 0.717) is 17.9 Å². The van der Waals surface area contributed by atoms with Gasteiger partial charge in [0.05, 0.1) is 18.4 Å². The highest BCUT2D eigenvalue weighted by molar-refractivity contribution is 5.86. The number of carboxylic acids is 1. The van der Waals surface area contributed by atoms with Crippen LogP contribution >= 0.6 is 0 Å². The quantitative estimate of drug-likeness (QED) is 0.914. The van der Waals surface area contributed by atoms with Gasteiger partial charge in [0, 0.05) is 6.07 Å². The number of methoxy groups -OCH3 is 1. The molecule has 112 valence electrons. The van der Waals surface area contributed by atoms with Crippen LogP contribution in [0.25, 0.3) is 11.5 Å². The van der Waals surface area contributed by atoms with E-state index in [0.717, 1.165) is 0 Å². The molecule has 2 rings (SSSR count). The van der Waals surface area contributed by atoms with Crippen molar-refractivity contribution < 1.29 is 23.4 Å². The maximum Gasteiger partial charge on any atom is 0.373 e. The fourth-order valence-electron chi connectivity index (χ4n) is 1.96. The Balaban J connectivity index is 2.47. The molecule has 5 nitrogen and oxygen atoms in total. The van der Waals surface area contributed by atoms with Crippen molar-refractivity contribution in [3.8, 4) is 17.2 Å². The van der Waals surface area contributed by atoms with Crippen molar-refractivity contribution in [1.82, 2.24) is 4.98 Å². The number of hydrogen-bond acceptors (Lipinski definition) is 4. The predicted molar refractivity (Wildman–Crippen MR) is 74.0 cm³/mol. The maximum atomic E-state index is 14.0. The van der Waals surface area contributed by atoms with Gasteiger partial charge in [0.1, 0.15) is 11.6 Å². The van der Waals surface area contributed by atoms with Crippen LogP contribution in [-0.4, -0.2) is 23.2 Å². The highest BCUT2D eigenvalue weighted by Crippen LogP contribution is 2.28. The van der Waals surface area contributed by atoms with Crippen molar-refractivity contribution in [1.29, 1.82) is 0 Å². The van der Waals surface area contributed by atoms with Crippen LogP contribution in [0.1, 0.15) is 30.1 Å². The van der Waals surface area contributed by atoms with E-state index in [9.17, 15) is 9.18 Å². The van der Waals surface area contributed by atoms with Crippen LogP contribution in [-0.2, 0) is 6.42 Å². The first-order valence-corrected chi connectivity index (χ1v) is 6.49. The lowest BCUT2D eigenvalue weighted by Crippen LogP contribution is -2.03. The Bertz CT molecular complexity index is 664. The van der Waals surface area contributed by atoms with Gasteiger partial charge in [0.25, 0.3) is 0 Å². The largest absolute Gasteiger partial charge is 0.497 e. The van der Waals surface area contributed by atoms with Crippen LogP contribution in [0.15, 0.2) is 22.6 Å². The number of carbonyl (C=O) groups is 1. The number of oxazole rings is 1. The van der Waals surface area contributed by atoms with Crippen molar-refractivity contribution in [2.45, 2.75) is 20.3 Å². The zero-order chi connectivity index (χ0) is 15.6. The van der Waals surface area contributed by atoms with Gasteiger partial charge in [-0.25, -0.2) is 14.2 Å². The van der Waals surface area contributed by atoms with Gasteiger partial charge in [-0.3, -0.25) is 0 Å². The molecule has 0 spiro atoms. The van der Waals surface area contributed by atoms with Crippen molar-refractivity contribution in [2.75, 3.05) is 7.11 Å². The molecule has 21 heavy (non-hydrogen) atoms. The Morgan fingerprint density at radius 1 is 1.48 bits per heavy atom. The van der Waals surface area contributed by atoms with Crippen LogP contribution in [0.4, 0.5) is 4.39 Å². The van der Waals surface area contributed by atoms with Crippen molar-refractivity contribution in [3.63, 3.8) is 0 Å². The summed E-state index contributed by atoms with van der Waals surface area (Å²) in [4.78, 5) is 15.3. The standard InChI is InChI=1S/C15H16FNO4/c1-8(2)6-12-13(15(18)19)21-14(17-12)10-5-4-9(20-3)7-11(10)16/h4-5,7-8H,6H2,1-3H3,(H,18,19). The second-order valence-corrected chi connectivity index (χ2v) is 5.04. The van der Waals surface area contributed by atoms with Gasteiger partial charge in [0.15, 0.2) is 0 Å². The van der Waals surface area contributed by atoms with Gasteiger partial charge in [0.2, 0.25) is 11.7 Å². The molecule has 0 radical (unpaired) electrons. The smallest absolute Gasteiger partial charge is 0.373 e. The second kappa shape index (κ2) is 5.95. The predicted octanol–water partition coefficient (Wildman–Crippen LogP) is 3.39. The van der Waals surface area contributed by atoms with Gasteiger partial charge in [-0.1, -0.05) is 13.8 Å². The fraction of sp³-hybridized carbons (Fsp3) is 0.333. The zero-order valence-corrected chi connectivity index (χ0v) is 12.0. The van der Waals surface area contributed by atoms with E-state index in [2.05, 4.69) is 4.98 Å². The molecule has 0 amide bonds. The number of aromatic nitrogens is 1. The first-order chi connectivity index (χ1) is 9.92. The molecule has 0 aliphatic rings. The van der Waals surface area contributed by atoms with Crippen LogP contribution < -0.4 is 4.74 Å². The minimum atomic E-state index is -1.21.